The quantitative estimate of drug-likeness (QED) is 0.111. The Hall–Kier alpha value is -2.50. The van der Waals surface area contributed by atoms with Crippen molar-refractivity contribution in [1.82, 2.24) is 16.0 Å². The van der Waals surface area contributed by atoms with E-state index in [0.717, 1.165) is 6.42 Å². The van der Waals surface area contributed by atoms with Crippen LogP contribution in [0.15, 0.2) is 24.3 Å². The van der Waals surface area contributed by atoms with Crippen LogP contribution in [0.4, 0.5) is 0 Å². The fraction of sp³-hybridized carbons (Fsp3) is 0.830. The molecule has 18 atom stereocenters. The Morgan fingerprint density at radius 2 is 1.70 bits per heavy atom. The highest BCUT2D eigenvalue weighted by molar-refractivity contribution is 5.73. The maximum absolute atomic E-state index is 14.5. The monoisotopic (exact) mass is 893 g/mol. The first kappa shape index (κ1) is 53.1. The third-order valence-electron chi connectivity index (χ3n) is 14.0. The van der Waals surface area contributed by atoms with Crippen LogP contribution in [0.1, 0.15) is 114 Å². The van der Waals surface area contributed by atoms with Crippen LogP contribution in [0.5, 0.6) is 5.75 Å². The van der Waals surface area contributed by atoms with E-state index in [9.17, 15) is 30.5 Å². The number of esters is 1. The van der Waals surface area contributed by atoms with Crippen LogP contribution in [0, 0.1) is 29.1 Å². The van der Waals surface area contributed by atoms with Crippen LogP contribution in [0.3, 0.4) is 0 Å². The van der Waals surface area contributed by atoms with Crippen molar-refractivity contribution in [3.8, 4) is 11.8 Å². The maximum atomic E-state index is 14.5. The summed E-state index contributed by atoms with van der Waals surface area (Å²) in [6, 6.07) is 8.11. The molecule has 16 nitrogen and oxygen atoms in total. The fourth-order valence-corrected chi connectivity index (χ4v) is 9.92. The number of nitrogens with zero attached hydrogens (tertiary/aromatic N) is 1. The molecular formula is C47H80N4O12. The number of ether oxygens (including phenoxy) is 7. The number of rotatable bonds is 13. The number of hydrogen-bond donors (Lipinski definition) is 7. The molecule has 1 aromatic carbocycles. The third-order valence-corrected chi connectivity index (χ3v) is 14.0. The fourth-order valence-electron chi connectivity index (χ4n) is 9.92. The van der Waals surface area contributed by atoms with Gasteiger partial charge in [0, 0.05) is 32.0 Å². The smallest absolute Gasteiger partial charge is 0.311 e. The van der Waals surface area contributed by atoms with Crippen LogP contribution in [0.25, 0.3) is 0 Å². The zero-order chi connectivity index (χ0) is 47.1. The average Bonchev–Trinajstić information content (AvgIpc) is 3.24. The normalized spacial score (nSPS) is 43.5. The molecule has 0 aromatic heterocycles. The lowest BCUT2D eigenvalue weighted by Gasteiger charge is -2.53. The first-order chi connectivity index (χ1) is 29.5. The number of likely N-dealkylation sites (N-methyl/N-ethyl adjacent to an activating group) is 1. The number of aliphatic hydroxyl groups is 4. The zero-order valence-electron chi connectivity index (χ0n) is 40.1. The topological polar surface area (TPSA) is 222 Å². The van der Waals surface area contributed by atoms with Crippen molar-refractivity contribution in [1.29, 1.82) is 5.26 Å². The number of nitriles is 1. The molecule has 0 aliphatic carbocycles. The highest BCUT2D eigenvalue weighted by atomic mass is 16.7. The molecule has 360 valence electrons. The van der Waals surface area contributed by atoms with E-state index in [2.05, 4.69) is 22.0 Å². The Kier molecular flexibility index (Phi) is 18.8. The van der Waals surface area contributed by atoms with Gasteiger partial charge in [0.2, 0.25) is 0 Å². The van der Waals surface area contributed by atoms with Crippen molar-refractivity contribution in [2.75, 3.05) is 33.8 Å². The van der Waals surface area contributed by atoms with E-state index in [1.165, 1.54) is 14.0 Å². The molecule has 3 aliphatic heterocycles. The summed E-state index contributed by atoms with van der Waals surface area (Å²) in [5.74, 6) is -2.31. The van der Waals surface area contributed by atoms with Gasteiger partial charge in [0.05, 0.1) is 53.6 Å². The van der Waals surface area contributed by atoms with E-state index < -0.39 is 95.5 Å². The van der Waals surface area contributed by atoms with Crippen LogP contribution < -0.4 is 20.7 Å². The molecule has 3 aliphatic rings. The molecule has 3 saturated heterocycles. The first-order valence-corrected chi connectivity index (χ1v) is 23.0. The van der Waals surface area contributed by atoms with Gasteiger partial charge in [-0.25, -0.2) is 0 Å². The number of benzene rings is 1. The molecule has 1 aromatic rings. The minimum atomic E-state index is -1.84. The molecular weight excluding hydrogens is 813 g/mol. The summed E-state index contributed by atoms with van der Waals surface area (Å²) in [5.41, 5.74) is -5.63. The zero-order valence-corrected chi connectivity index (χ0v) is 40.1. The van der Waals surface area contributed by atoms with Crippen molar-refractivity contribution >= 4 is 5.97 Å². The van der Waals surface area contributed by atoms with E-state index in [1.54, 1.807) is 58.9 Å². The molecule has 16 heteroatoms. The van der Waals surface area contributed by atoms with Crippen molar-refractivity contribution in [3.05, 3.63) is 29.8 Å². The van der Waals surface area contributed by atoms with Crippen LogP contribution in [-0.2, 0) is 33.2 Å². The number of cyclic esters (lactones) is 1. The maximum Gasteiger partial charge on any atom is 0.311 e. The Balaban J connectivity index is 1.85. The highest BCUT2D eigenvalue weighted by Gasteiger charge is 2.58. The lowest BCUT2D eigenvalue weighted by Crippen LogP contribution is -2.70. The van der Waals surface area contributed by atoms with Gasteiger partial charge in [-0.05, 0) is 118 Å². The van der Waals surface area contributed by atoms with Gasteiger partial charge in [-0.2, -0.15) is 5.26 Å². The van der Waals surface area contributed by atoms with Gasteiger partial charge < -0.3 is 69.5 Å². The molecule has 0 saturated carbocycles. The van der Waals surface area contributed by atoms with E-state index in [4.69, 9.17) is 33.2 Å². The molecule has 7 N–H and O–H groups in total. The second-order valence-electron chi connectivity index (χ2n) is 19.3. The Bertz CT molecular complexity index is 1650. The summed E-state index contributed by atoms with van der Waals surface area (Å²) in [6.45, 7) is 20.9. The second kappa shape index (κ2) is 22.3. The van der Waals surface area contributed by atoms with Gasteiger partial charge in [0.1, 0.15) is 34.8 Å². The number of aliphatic hydroxyl groups excluding tert-OH is 1. The summed E-state index contributed by atoms with van der Waals surface area (Å²) in [4.78, 5) is 14.5. The van der Waals surface area contributed by atoms with E-state index in [-0.39, 0.29) is 43.9 Å². The van der Waals surface area contributed by atoms with Gasteiger partial charge in [0.25, 0.3) is 0 Å². The van der Waals surface area contributed by atoms with Gasteiger partial charge in [-0.1, -0.05) is 33.8 Å². The molecule has 4 rings (SSSR count). The van der Waals surface area contributed by atoms with Crippen LogP contribution in [-0.4, -0.2) is 150 Å². The molecule has 0 radical (unpaired) electrons. The average molecular weight is 893 g/mol. The Labute approximate surface area is 376 Å². The molecule has 0 spiro atoms. The third kappa shape index (κ3) is 12.3. The number of carbonyl (C=O) groups excluding carboxylic acids is 1. The van der Waals surface area contributed by atoms with Gasteiger partial charge in [0.15, 0.2) is 18.7 Å². The summed E-state index contributed by atoms with van der Waals surface area (Å²) in [5, 5.41) is 67.9. The van der Waals surface area contributed by atoms with Crippen LogP contribution >= 0.6 is 0 Å². The second-order valence-corrected chi connectivity index (χ2v) is 19.3. The lowest BCUT2D eigenvalue weighted by molar-refractivity contribution is -0.335. The Morgan fingerprint density at radius 3 is 2.32 bits per heavy atom. The number of nitrogens with one attached hydrogen (secondary N) is 3. The minimum Gasteiger partial charge on any atom is -0.483 e. The van der Waals surface area contributed by atoms with Crippen molar-refractivity contribution in [3.63, 3.8) is 0 Å². The first-order valence-electron chi connectivity index (χ1n) is 23.0. The van der Waals surface area contributed by atoms with Crippen LogP contribution in [0.2, 0.25) is 0 Å². The summed E-state index contributed by atoms with van der Waals surface area (Å²) < 4.78 is 45.8. The number of hydrogen-bond acceptors (Lipinski definition) is 16. The largest absolute Gasteiger partial charge is 0.483 e. The number of carbonyl (C=O) groups is 1. The van der Waals surface area contributed by atoms with Crippen molar-refractivity contribution in [2.24, 2.45) is 17.8 Å². The van der Waals surface area contributed by atoms with E-state index in [1.807, 2.05) is 41.7 Å². The van der Waals surface area contributed by atoms with Gasteiger partial charge >= 0.3 is 5.97 Å². The minimum absolute atomic E-state index is 0.0783. The summed E-state index contributed by atoms with van der Waals surface area (Å²) in [6.07, 6.45) is -6.55. The highest BCUT2D eigenvalue weighted by Crippen LogP contribution is 2.43. The molecule has 0 amide bonds. The summed E-state index contributed by atoms with van der Waals surface area (Å²) in [7, 11) is 3.36. The van der Waals surface area contributed by atoms with Gasteiger partial charge in [-0.3, -0.25) is 4.79 Å². The molecule has 3 fully saturated rings. The molecule has 3 heterocycles. The lowest BCUT2D eigenvalue weighted by atomic mass is 9.75. The predicted molar refractivity (Wildman–Crippen MR) is 237 cm³/mol. The molecule has 0 bridgehead atoms. The standard InChI is InChI=1S/C47H80N4O12/c1-14-19-50-26-47(56)32(8)59-37(23-45(47,10)57-13)62-38-29(5)41(63-43-39(35(49-12)20-28(4)58-43)60-34-18-16-17-33(21-34)24-48)44(9,54)22-27(3)25-51-31(7)40(52)46(11,55)36(15-2)61-42(53)30(38)6/h16-18,21,27-32,35-41,43,49-52,54-56H,14-15,19-20,22-23,25-26H2,1-13H3/t27-,28-,29+,30-,31-,32+,35+,36-,37+,38+,39-,40-,41-,43+,44-,45-,46-,47+/m1/s1. The SMILES string of the molecule is CCCNC[C@]1(O)[C@H](C)O[C@@H](O[C@H]2[C@H](C)[C@@H](O[C@@H]3O[C@H](C)C[C@H](NC)[C@H]3Oc3cccc(C#N)c3)[C@](C)(O)C[C@@H](C)CN[C@H](C)[C@@H](O)[C@](C)(O)[C@@H](CC)OC(=O)[C@@H]2C)C[C@@]1(C)OC. The Morgan fingerprint density at radius 1 is 1.00 bits per heavy atom. The summed E-state index contributed by atoms with van der Waals surface area (Å²) >= 11 is 0. The van der Waals surface area contributed by atoms with Crippen molar-refractivity contribution < 1.29 is 58.4 Å². The van der Waals surface area contributed by atoms with Gasteiger partial charge in [-0.15, -0.1) is 0 Å². The number of methoxy groups -OCH3 is 1. The van der Waals surface area contributed by atoms with E-state index >= 15 is 0 Å². The molecule has 0 unspecified atom stereocenters. The van der Waals surface area contributed by atoms with E-state index in [0.29, 0.717) is 30.8 Å². The van der Waals surface area contributed by atoms with Crippen molar-refractivity contribution in [2.45, 2.75) is 198 Å². The predicted octanol–water partition coefficient (Wildman–Crippen LogP) is 3.54. The molecule has 63 heavy (non-hydrogen) atoms.